The quantitative estimate of drug-likeness (QED) is 0.351. The number of primary amides is 1. The molecular weight excluding hydrogens is 316 g/mol. The highest BCUT2D eigenvalue weighted by molar-refractivity contribution is 6.06. The minimum absolute atomic E-state index is 0.0336. The van der Waals surface area contributed by atoms with Crippen LogP contribution >= 0.6 is 0 Å². The molecule has 1 aliphatic heterocycles. The molecule has 1 aromatic heterocycles. The number of aromatic amines is 1. The molecule has 8 N–H and O–H groups in total. The molecule has 24 heavy (non-hydrogen) atoms. The Balaban J connectivity index is 1.89. The number of hydrogen-bond donors (Lipinski definition) is 6. The summed E-state index contributed by atoms with van der Waals surface area (Å²) in [6.07, 6.45) is 3.71. The lowest BCUT2D eigenvalue weighted by Crippen LogP contribution is -2.63. The van der Waals surface area contributed by atoms with Gasteiger partial charge >= 0.3 is 6.03 Å². The summed E-state index contributed by atoms with van der Waals surface area (Å²) in [7, 11) is 0. The van der Waals surface area contributed by atoms with Crippen LogP contribution in [0.2, 0.25) is 0 Å². The molecular formula is C13H20N8O3. The van der Waals surface area contributed by atoms with E-state index >= 15 is 0 Å². The fourth-order valence-corrected chi connectivity index (χ4v) is 2.23. The largest absolute Gasteiger partial charge is 0.353 e. The number of carbonyl (C=O) groups is 3. The van der Waals surface area contributed by atoms with Gasteiger partial charge in [0.15, 0.2) is 0 Å². The van der Waals surface area contributed by atoms with Gasteiger partial charge in [-0.3, -0.25) is 14.9 Å². The van der Waals surface area contributed by atoms with Crippen LogP contribution in [-0.4, -0.2) is 51.9 Å². The Morgan fingerprint density at radius 3 is 2.83 bits per heavy atom. The van der Waals surface area contributed by atoms with Crippen molar-refractivity contribution in [3.8, 4) is 0 Å². The maximum absolute atomic E-state index is 12.1. The number of amides is 4. The number of guanidine groups is 1. The summed E-state index contributed by atoms with van der Waals surface area (Å²) in [5, 5.41) is 7.52. The SMILES string of the molecule is C[C@@]1(NC(=O)C[C@@H](N)Cc2c[nH]cn2)CNC(NC(N)=O)=NC1=O. The Bertz CT molecular complexity index is 656. The summed E-state index contributed by atoms with van der Waals surface area (Å²) >= 11 is 0. The van der Waals surface area contributed by atoms with Crippen LogP contribution < -0.4 is 27.4 Å². The number of aromatic nitrogens is 2. The van der Waals surface area contributed by atoms with Crippen molar-refractivity contribution in [1.82, 2.24) is 25.9 Å². The number of urea groups is 1. The number of carbonyl (C=O) groups excluding carboxylic acids is 3. The molecule has 11 nitrogen and oxygen atoms in total. The highest BCUT2D eigenvalue weighted by Gasteiger charge is 2.38. The highest BCUT2D eigenvalue weighted by atomic mass is 16.2. The van der Waals surface area contributed by atoms with Gasteiger partial charge < -0.3 is 27.1 Å². The third-order valence-corrected chi connectivity index (χ3v) is 3.43. The number of nitrogens with two attached hydrogens (primary N) is 2. The van der Waals surface area contributed by atoms with E-state index in [1.807, 2.05) is 0 Å². The molecule has 2 atom stereocenters. The zero-order valence-corrected chi connectivity index (χ0v) is 13.1. The van der Waals surface area contributed by atoms with Crippen LogP contribution in [0.1, 0.15) is 19.0 Å². The van der Waals surface area contributed by atoms with Crippen LogP contribution in [0.4, 0.5) is 4.79 Å². The third kappa shape index (κ3) is 4.52. The second kappa shape index (κ2) is 7.08. The average Bonchev–Trinajstić information content (AvgIpc) is 2.95. The smallest absolute Gasteiger partial charge is 0.318 e. The maximum atomic E-state index is 12.1. The number of nitrogens with one attached hydrogen (secondary N) is 4. The molecule has 0 aliphatic carbocycles. The van der Waals surface area contributed by atoms with Crippen molar-refractivity contribution in [3.05, 3.63) is 18.2 Å². The predicted octanol–water partition coefficient (Wildman–Crippen LogP) is -2.30. The molecule has 0 saturated heterocycles. The predicted molar refractivity (Wildman–Crippen MR) is 84.6 cm³/mol. The minimum atomic E-state index is -1.23. The van der Waals surface area contributed by atoms with Gasteiger partial charge in [-0.1, -0.05) is 0 Å². The van der Waals surface area contributed by atoms with Crippen LogP contribution in [-0.2, 0) is 16.0 Å². The Morgan fingerprint density at radius 1 is 1.50 bits per heavy atom. The van der Waals surface area contributed by atoms with E-state index in [2.05, 4.69) is 30.9 Å². The molecule has 0 bridgehead atoms. The summed E-state index contributed by atoms with van der Waals surface area (Å²) in [5.74, 6) is -1.02. The number of H-pyrrole nitrogens is 1. The first kappa shape index (κ1) is 17.4. The van der Waals surface area contributed by atoms with E-state index in [4.69, 9.17) is 11.5 Å². The lowest BCUT2D eigenvalue weighted by molar-refractivity contribution is -0.131. The van der Waals surface area contributed by atoms with E-state index in [0.29, 0.717) is 6.42 Å². The first-order valence-electron chi connectivity index (χ1n) is 7.26. The molecule has 0 radical (unpaired) electrons. The number of hydrogen-bond acceptors (Lipinski definition) is 6. The average molecular weight is 336 g/mol. The topological polar surface area (TPSA) is 180 Å². The zero-order valence-electron chi connectivity index (χ0n) is 13.1. The number of aliphatic imine (C=N–C) groups is 1. The van der Waals surface area contributed by atoms with E-state index < -0.39 is 23.5 Å². The second-order valence-electron chi connectivity index (χ2n) is 5.72. The zero-order chi connectivity index (χ0) is 17.7. The molecule has 2 heterocycles. The normalized spacial score (nSPS) is 21.4. The fourth-order valence-electron chi connectivity index (χ4n) is 2.23. The molecule has 1 aliphatic rings. The van der Waals surface area contributed by atoms with Crippen molar-refractivity contribution < 1.29 is 14.4 Å². The molecule has 130 valence electrons. The van der Waals surface area contributed by atoms with Crippen molar-refractivity contribution in [2.24, 2.45) is 16.5 Å². The van der Waals surface area contributed by atoms with Crippen molar-refractivity contribution in [1.29, 1.82) is 0 Å². The van der Waals surface area contributed by atoms with Gasteiger partial charge in [0.2, 0.25) is 11.9 Å². The standard InChI is InChI=1S/C13H20N8O3/c1-13(5-17-12(19-10(13)23)20-11(15)24)21-9(22)3-7(14)2-8-4-16-6-18-8/h4,6-7H,2-3,5,14H2,1H3,(H,16,18)(H,21,22)(H4,15,17,19,20,23,24)/t7-,13+/m0/s1. The van der Waals surface area contributed by atoms with E-state index in [-0.39, 0.29) is 24.8 Å². The summed E-state index contributed by atoms with van der Waals surface area (Å²) in [6.45, 7) is 1.59. The number of nitrogens with zero attached hydrogens (tertiary/aromatic N) is 2. The van der Waals surface area contributed by atoms with Crippen molar-refractivity contribution in [2.45, 2.75) is 31.3 Å². The van der Waals surface area contributed by atoms with Crippen LogP contribution in [0.5, 0.6) is 0 Å². The van der Waals surface area contributed by atoms with Gasteiger partial charge in [0.05, 0.1) is 12.0 Å². The molecule has 2 rings (SSSR count). The fraction of sp³-hybridized carbons (Fsp3) is 0.462. The van der Waals surface area contributed by atoms with E-state index in [1.165, 1.54) is 13.3 Å². The Hall–Kier alpha value is -2.95. The van der Waals surface area contributed by atoms with Crippen molar-refractivity contribution in [3.63, 3.8) is 0 Å². The first-order valence-corrected chi connectivity index (χ1v) is 7.26. The molecule has 0 unspecified atom stereocenters. The van der Waals surface area contributed by atoms with Crippen LogP contribution in [0.25, 0.3) is 0 Å². The van der Waals surface area contributed by atoms with Gasteiger partial charge in [0, 0.05) is 31.6 Å². The van der Waals surface area contributed by atoms with Gasteiger partial charge in [-0.05, 0) is 6.92 Å². The summed E-state index contributed by atoms with van der Waals surface area (Å²) in [6, 6.07) is -1.27. The molecule has 0 spiro atoms. The summed E-state index contributed by atoms with van der Waals surface area (Å²) in [5.41, 5.74) is 10.4. The molecule has 0 saturated carbocycles. The summed E-state index contributed by atoms with van der Waals surface area (Å²) < 4.78 is 0. The molecule has 1 aromatic rings. The first-order chi connectivity index (χ1) is 11.3. The van der Waals surface area contributed by atoms with Gasteiger partial charge in [-0.2, -0.15) is 4.99 Å². The lowest BCUT2D eigenvalue weighted by atomic mass is 9.99. The van der Waals surface area contributed by atoms with E-state index in [1.54, 1.807) is 6.20 Å². The Kier molecular flexibility index (Phi) is 5.14. The monoisotopic (exact) mass is 336 g/mol. The molecule has 0 fully saturated rings. The minimum Gasteiger partial charge on any atom is -0.353 e. The number of imidazole rings is 1. The maximum Gasteiger partial charge on any atom is 0.318 e. The van der Waals surface area contributed by atoms with E-state index in [9.17, 15) is 14.4 Å². The van der Waals surface area contributed by atoms with Crippen LogP contribution in [0.15, 0.2) is 17.5 Å². The summed E-state index contributed by atoms with van der Waals surface area (Å²) in [4.78, 5) is 45.5. The van der Waals surface area contributed by atoms with Gasteiger partial charge in [0.1, 0.15) is 5.54 Å². The Morgan fingerprint density at radius 2 is 2.25 bits per heavy atom. The van der Waals surface area contributed by atoms with Gasteiger partial charge in [-0.15, -0.1) is 0 Å². The third-order valence-electron chi connectivity index (χ3n) is 3.43. The molecule has 4 amide bonds. The Labute approximate surface area is 137 Å². The van der Waals surface area contributed by atoms with Gasteiger partial charge in [0.25, 0.3) is 5.91 Å². The molecule has 11 heteroatoms. The van der Waals surface area contributed by atoms with Crippen molar-refractivity contribution >= 4 is 23.8 Å². The highest BCUT2D eigenvalue weighted by Crippen LogP contribution is 2.10. The lowest BCUT2D eigenvalue weighted by Gasteiger charge is -2.32. The number of rotatable bonds is 5. The van der Waals surface area contributed by atoms with Crippen LogP contribution in [0, 0.1) is 0 Å². The van der Waals surface area contributed by atoms with Gasteiger partial charge in [-0.25, -0.2) is 9.78 Å². The van der Waals surface area contributed by atoms with Crippen molar-refractivity contribution in [2.75, 3.05) is 6.54 Å². The van der Waals surface area contributed by atoms with Crippen LogP contribution in [0.3, 0.4) is 0 Å². The van der Waals surface area contributed by atoms with E-state index in [0.717, 1.165) is 5.69 Å². The second-order valence-corrected chi connectivity index (χ2v) is 5.72. The molecule has 0 aromatic carbocycles.